The Labute approximate surface area is 321 Å². The van der Waals surface area contributed by atoms with Gasteiger partial charge in [-0.3, -0.25) is 0 Å². The van der Waals surface area contributed by atoms with Gasteiger partial charge in [-0.1, -0.05) is 72.8 Å². The second-order valence-corrected chi connectivity index (χ2v) is 13.5. The van der Waals surface area contributed by atoms with E-state index in [2.05, 4.69) is 4.74 Å². The molecule has 0 atom stereocenters. The predicted octanol–water partition coefficient (Wildman–Crippen LogP) is 13.3. The maximum absolute atomic E-state index is 16.6. The van der Waals surface area contributed by atoms with E-state index in [1.165, 1.54) is 9.80 Å². The molecule has 274 valence electrons. The van der Waals surface area contributed by atoms with Crippen molar-refractivity contribution in [2.75, 3.05) is 9.80 Å². The fourth-order valence-electron chi connectivity index (χ4n) is 7.89. The smallest absolute Gasteiger partial charge is 0.390 e. The monoisotopic (exact) mass is 756 g/mol. The predicted molar refractivity (Wildman–Crippen MR) is 209 cm³/mol. The first kappa shape index (κ1) is 33.9. The Morgan fingerprint density at radius 1 is 0.421 bits per heavy atom. The third kappa shape index (κ3) is 5.14. The molecule has 10 rings (SSSR count). The van der Waals surface area contributed by atoms with Gasteiger partial charge in [0.2, 0.25) is 0 Å². The maximum Gasteiger partial charge on any atom is 0.390 e. The Bertz CT molecular complexity index is 2950. The van der Waals surface area contributed by atoms with Crippen molar-refractivity contribution in [3.05, 3.63) is 168 Å². The number of hydrogen-bond donors (Lipinski definition) is 0. The third-order valence-electron chi connectivity index (χ3n) is 10.2. The topological polar surface area (TPSA) is 89.6 Å². The van der Waals surface area contributed by atoms with Crippen LogP contribution in [0.1, 0.15) is 22.3 Å². The lowest BCUT2D eigenvalue weighted by Crippen LogP contribution is -2.23. The van der Waals surface area contributed by atoms with Gasteiger partial charge in [-0.15, -0.1) is 0 Å². The zero-order chi connectivity index (χ0) is 39.1. The van der Waals surface area contributed by atoms with Gasteiger partial charge in [-0.2, -0.15) is 28.1 Å². The van der Waals surface area contributed by atoms with E-state index in [4.69, 9.17) is 8.83 Å². The highest BCUT2D eigenvalue weighted by Gasteiger charge is 2.62. The lowest BCUT2D eigenvalue weighted by Gasteiger charge is -2.33. The number of halogens is 4. The highest BCUT2D eigenvalue weighted by atomic mass is 19.3. The number of nitrogens with zero attached hydrogens (tertiary/aromatic N) is 4. The molecular weight excluding hydrogens is 733 g/mol. The van der Waals surface area contributed by atoms with Gasteiger partial charge in [0.1, 0.15) is 34.5 Å². The SMILES string of the molecule is N#Cc1c(C#N)c(N(c2ccccc2)c2ccc3c(c2)oc2ccccc23)c2c(c1N(c1ccccc1)c1ccc3c(c1)oc1ccccc13)C(F)(F)OC2(F)F. The van der Waals surface area contributed by atoms with Crippen LogP contribution in [0.3, 0.4) is 0 Å². The summed E-state index contributed by atoms with van der Waals surface area (Å²) in [6, 6.07) is 44.7. The largest absolute Gasteiger partial charge is 0.456 e. The Morgan fingerprint density at radius 3 is 1.19 bits per heavy atom. The first-order valence-electron chi connectivity index (χ1n) is 17.7. The molecule has 7 aromatic carbocycles. The van der Waals surface area contributed by atoms with E-state index < -0.39 is 45.8 Å². The molecule has 2 aromatic heterocycles. The van der Waals surface area contributed by atoms with Crippen molar-refractivity contribution in [2.45, 2.75) is 12.2 Å². The summed E-state index contributed by atoms with van der Waals surface area (Å²) < 4.78 is 83.2. The number of para-hydroxylation sites is 4. The van der Waals surface area contributed by atoms with Crippen LogP contribution in [0.5, 0.6) is 0 Å². The van der Waals surface area contributed by atoms with Crippen LogP contribution < -0.4 is 9.80 Å². The van der Waals surface area contributed by atoms with Crippen molar-refractivity contribution in [1.29, 1.82) is 10.5 Å². The fourth-order valence-corrected chi connectivity index (χ4v) is 7.89. The van der Waals surface area contributed by atoms with E-state index in [0.717, 1.165) is 21.5 Å². The van der Waals surface area contributed by atoms with Crippen molar-refractivity contribution in [3.8, 4) is 12.1 Å². The molecule has 0 aliphatic carbocycles. The van der Waals surface area contributed by atoms with E-state index in [1.54, 1.807) is 109 Å². The number of ether oxygens (including phenoxy) is 1. The molecule has 11 heteroatoms. The number of anilines is 6. The van der Waals surface area contributed by atoms with Gasteiger partial charge in [0.05, 0.1) is 33.6 Å². The first-order valence-corrected chi connectivity index (χ1v) is 17.7. The molecule has 9 aromatic rings. The maximum atomic E-state index is 16.6. The Hall–Kier alpha value is -7.60. The van der Waals surface area contributed by atoms with Crippen molar-refractivity contribution in [2.24, 2.45) is 0 Å². The second kappa shape index (κ2) is 12.5. The van der Waals surface area contributed by atoms with Gasteiger partial charge in [0.15, 0.2) is 0 Å². The van der Waals surface area contributed by atoms with Gasteiger partial charge >= 0.3 is 12.2 Å². The molecule has 0 spiro atoms. The standard InChI is InChI=1S/C46H24F4N4O3/c47-45(48)41-42(46(49,50)57-45)44(54(28-13-5-2-6-14-28)30-20-22-34-32-16-8-10-18-38(32)56-40(34)24-30)36(26-52)35(25-51)43(41)53(27-11-3-1-4-12-27)29-19-21-33-31-15-7-9-17-37(31)55-39(33)23-29/h1-24H. The van der Waals surface area contributed by atoms with Gasteiger partial charge in [-0.25, -0.2) is 4.74 Å². The van der Waals surface area contributed by atoms with Gasteiger partial charge in [0.25, 0.3) is 0 Å². The molecule has 0 fully saturated rings. The molecule has 0 saturated heterocycles. The molecule has 0 amide bonds. The minimum atomic E-state index is -4.65. The fraction of sp³-hybridized carbons (Fsp3) is 0.0435. The minimum absolute atomic E-state index is 0.198. The van der Waals surface area contributed by atoms with Crippen LogP contribution in [0.2, 0.25) is 0 Å². The molecule has 0 radical (unpaired) electrons. The first-order chi connectivity index (χ1) is 27.7. The number of nitriles is 2. The number of alkyl halides is 4. The third-order valence-corrected chi connectivity index (χ3v) is 10.2. The Kier molecular flexibility index (Phi) is 7.42. The summed E-state index contributed by atoms with van der Waals surface area (Å²) in [7, 11) is 0. The summed E-state index contributed by atoms with van der Waals surface area (Å²) in [6.07, 6.45) is -9.30. The van der Waals surface area contributed by atoms with Gasteiger partial charge in [0, 0.05) is 56.4 Å². The highest BCUT2D eigenvalue weighted by Crippen LogP contribution is 2.62. The molecule has 57 heavy (non-hydrogen) atoms. The number of fused-ring (bicyclic) bond motifs is 7. The van der Waals surface area contributed by atoms with Crippen LogP contribution in [-0.4, -0.2) is 0 Å². The van der Waals surface area contributed by atoms with Crippen LogP contribution >= 0.6 is 0 Å². The van der Waals surface area contributed by atoms with E-state index in [-0.39, 0.29) is 22.7 Å². The van der Waals surface area contributed by atoms with Crippen LogP contribution in [-0.2, 0) is 17.0 Å². The van der Waals surface area contributed by atoms with Crippen molar-refractivity contribution in [1.82, 2.24) is 0 Å². The highest BCUT2D eigenvalue weighted by molar-refractivity contribution is 6.08. The summed E-state index contributed by atoms with van der Waals surface area (Å²) >= 11 is 0. The molecule has 1 aliphatic heterocycles. The second-order valence-electron chi connectivity index (χ2n) is 13.5. The molecule has 0 N–H and O–H groups in total. The summed E-state index contributed by atoms with van der Waals surface area (Å²) in [6.45, 7) is 0. The molecule has 7 nitrogen and oxygen atoms in total. The van der Waals surface area contributed by atoms with E-state index in [1.807, 2.05) is 48.5 Å². The number of furan rings is 2. The molecular formula is C46H24F4N4O3. The summed E-state index contributed by atoms with van der Waals surface area (Å²) in [5, 5.41) is 25.0. The zero-order valence-corrected chi connectivity index (χ0v) is 29.4. The zero-order valence-electron chi connectivity index (χ0n) is 29.4. The van der Waals surface area contributed by atoms with E-state index in [9.17, 15) is 10.5 Å². The Morgan fingerprint density at radius 2 is 0.789 bits per heavy atom. The van der Waals surface area contributed by atoms with Crippen molar-refractivity contribution in [3.63, 3.8) is 0 Å². The molecule has 0 bridgehead atoms. The summed E-state index contributed by atoms with van der Waals surface area (Å²) in [5.74, 6) is 0. The normalized spacial score (nSPS) is 14.1. The molecule has 0 unspecified atom stereocenters. The van der Waals surface area contributed by atoms with Crippen LogP contribution in [0.15, 0.2) is 154 Å². The minimum Gasteiger partial charge on any atom is -0.456 e. The van der Waals surface area contributed by atoms with Crippen molar-refractivity contribution >= 4 is 78.0 Å². The van der Waals surface area contributed by atoms with Crippen molar-refractivity contribution < 1.29 is 31.1 Å². The summed E-state index contributed by atoms with van der Waals surface area (Å²) in [5.41, 5.74) is -2.18. The molecule has 1 aliphatic rings. The van der Waals surface area contributed by atoms with E-state index in [0.29, 0.717) is 22.3 Å². The quantitative estimate of drug-likeness (QED) is 0.156. The molecule has 3 heterocycles. The average Bonchev–Trinajstić information content (AvgIpc) is 3.84. The number of rotatable bonds is 6. The lowest BCUT2D eigenvalue weighted by molar-refractivity contribution is -0.369. The Balaban J connectivity index is 1.31. The van der Waals surface area contributed by atoms with Gasteiger partial charge < -0.3 is 18.6 Å². The van der Waals surface area contributed by atoms with Crippen LogP contribution in [0, 0.1) is 22.7 Å². The van der Waals surface area contributed by atoms with E-state index >= 15 is 17.6 Å². The average molecular weight is 757 g/mol. The number of hydrogen-bond acceptors (Lipinski definition) is 7. The lowest BCUT2D eigenvalue weighted by atomic mass is 9.91. The van der Waals surface area contributed by atoms with Crippen LogP contribution in [0.25, 0.3) is 43.9 Å². The van der Waals surface area contributed by atoms with Gasteiger partial charge in [-0.05, 0) is 60.7 Å². The van der Waals surface area contributed by atoms with Crippen LogP contribution in [0.4, 0.5) is 51.7 Å². The molecule has 0 saturated carbocycles. The number of benzene rings is 7. The summed E-state index contributed by atoms with van der Waals surface area (Å²) in [4.78, 5) is 2.53.